The van der Waals surface area contributed by atoms with Crippen LogP contribution >= 0.6 is 0 Å². The van der Waals surface area contributed by atoms with Crippen molar-refractivity contribution in [3.8, 4) is 0 Å². The number of benzene rings is 2. The van der Waals surface area contributed by atoms with Crippen LogP contribution in [0.2, 0.25) is 0 Å². The number of aryl methyl sites for hydroxylation is 1. The molecule has 0 saturated carbocycles. The number of carbonyl (C=O) groups excluding carboxylic acids is 2. The minimum absolute atomic E-state index is 0.0696. The number of rotatable bonds is 3. The van der Waals surface area contributed by atoms with E-state index < -0.39 is 6.04 Å². The summed E-state index contributed by atoms with van der Waals surface area (Å²) in [6.07, 6.45) is 2.19. The Kier molecular flexibility index (Phi) is 3.72. The number of H-pyrrole nitrogens is 1. The SMILES string of the molecule is Cc1ccc(N2CCC(NC(=O)c3ccc4nc[nH]c4c3)C2=O)cc1. The van der Waals surface area contributed by atoms with Crippen molar-refractivity contribution in [2.24, 2.45) is 0 Å². The first-order chi connectivity index (χ1) is 12.1. The Balaban J connectivity index is 1.48. The molecule has 4 rings (SSSR count). The molecule has 2 N–H and O–H groups in total. The van der Waals surface area contributed by atoms with Crippen molar-refractivity contribution in [1.82, 2.24) is 15.3 Å². The predicted molar refractivity (Wildman–Crippen MR) is 95.5 cm³/mol. The standard InChI is InChI=1S/C19H18N4O2/c1-12-2-5-14(6-3-12)23-9-8-16(19(23)25)22-18(24)13-4-7-15-17(10-13)21-11-20-15/h2-7,10-11,16H,8-9H2,1H3,(H,20,21)(H,22,24). The van der Waals surface area contributed by atoms with Crippen LogP contribution in [0.3, 0.4) is 0 Å². The highest BCUT2D eigenvalue weighted by Crippen LogP contribution is 2.22. The summed E-state index contributed by atoms with van der Waals surface area (Å²) < 4.78 is 0. The first kappa shape index (κ1) is 15.4. The third-order valence-corrected chi connectivity index (χ3v) is 4.54. The van der Waals surface area contributed by atoms with Crippen LogP contribution in [0, 0.1) is 6.92 Å². The second kappa shape index (κ2) is 6.05. The zero-order valence-corrected chi connectivity index (χ0v) is 13.8. The highest BCUT2D eigenvalue weighted by atomic mass is 16.2. The summed E-state index contributed by atoms with van der Waals surface area (Å²) in [6.45, 7) is 2.61. The summed E-state index contributed by atoms with van der Waals surface area (Å²) in [4.78, 5) is 34.0. The van der Waals surface area contributed by atoms with Gasteiger partial charge in [-0.2, -0.15) is 0 Å². The lowest BCUT2D eigenvalue weighted by Crippen LogP contribution is -2.41. The summed E-state index contributed by atoms with van der Waals surface area (Å²) >= 11 is 0. The molecule has 1 unspecified atom stereocenters. The first-order valence-corrected chi connectivity index (χ1v) is 8.24. The van der Waals surface area contributed by atoms with Crippen molar-refractivity contribution >= 4 is 28.5 Å². The van der Waals surface area contributed by atoms with Gasteiger partial charge in [0.15, 0.2) is 0 Å². The van der Waals surface area contributed by atoms with Gasteiger partial charge in [-0.15, -0.1) is 0 Å². The van der Waals surface area contributed by atoms with E-state index in [9.17, 15) is 9.59 Å². The number of imidazole rings is 1. The van der Waals surface area contributed by atoms with Crippen molar-refractivity contribution in [3.05, 3.63) is 59.9 Å². The Morgan fingerprint density at radius 3 is 2.84 bits per heavy atom. The lowest BCUT2D eigenvalue weighted by molar-refractivity contribution is -0.118. The second-order valence-corrected chi connectivity index (χ2v) is 6.27. The van der Waals surface area contributed by atoms with Gasteiger partial charge in [-0.05, 0) is 43.7 Å². The third-order valence-electron chi connectivity index (χ3n) is 4.54. The number of nitrogens with zero attached hydrogens (tertiary/aromatic N) is 2. The van der Waals surface area contributed by atoms with E-state index >= 15 is 0 Å². The minimum atomic E-state index is -0.494. The van der Waals surface area contributed by atoms with Crippen LogP contribution < -0.4 is 10.2 Å². The summed E-state index contributed by atoms with van der Waals surface area (Å²) in [5, 5.41) is 2.85. The molecule has 2 amide bonds. The number of amides is 2. The highest BCUT2D eigenvalue weighted by molar-refractivity contribution is 6.04. The Labute approximate surface area is 144 Å². The molecule has 2 heterocycles. The average Bonchev–Trinajstić information content (AvgIpc) is 3.22. The number of aromatic amines is 1. The lowest BCUT2D eigenvalue weighted by atomic mass is 10.1. The van der Waals surface area contributed by atoms with Gasteiger partial charge >= 0.3 is 0 Å². The van der Waals surface area contributed by atoms with Gasteiger partial charge in [-0.3, -0.25) is 9.59 Å². The third kappa shape index (κ3) is 2.87. The van der Waals surface area contributed by atoms with E-state index in [4.69, 9.17) is 0 Å². The van der Waals surface area contributed by atoms with Gasteiger partial charge in [0.05, 0.1) is 17.4 Å². The fraction of sp³-hybridized carbons (Fsp3) is 0.211. The largest absolute Gasteiger partial charge is 0.345 e. The first-order valence-electron chi connectivity index (χ1n) is 8.24. The number of anilines is 1. The maximum absolute atomic E-state index is 12.6. The Morgan fingerprint density at radius 2 is 2.04 bits per heavy atom. The van der Waals surface area contributed by atoms with Gasteiger partial charge in [-0.25, -0.2) is 4.98 Å². The zero-order valence-electron chi connectivity index (χ0n) is 13.8. The quantitative estimate of drug-likeness (QED) is 0.772. The fourth-order valence-corrected chi connectivity index (χ4v) is 3.11. The van der Waals surface area contributed by atoms with Crippen LogP contribution in [-0.2, 0) is 4.79 Å². The number of carbonyl (C=O) groups is 2. The van der Waals surface area contributed by atoms with Gasteiger partial charge in [-0.1, -0.05) is 17.7 Å². The smallest absolute Gasteiger partial charge is 0.252 e. The molecule has 0 radical (unpaired) electrons. The summed E-state index contributed by atoms with van der Waals surface area (Å²) in [7, 11) is 0. The van der Waals surface area contributed by atoms with E-state index in [1.807, 2.05) is 31.2 Å². The van der Waals surface area contributed by atoms with E-state index in [1.165, 1.54) is 0 Å². The molecule has 1 atom stereocenters. The van der Waals surface area contributed by atoms with Crippen LogP contribution in [0.25, 0.3) is 11.0 Å². The minimum Gasteiger partial charge on any atom is -0.345 e. The maximum Gasteiger partial charge on any atom is 0.252 e. The average molecular weight is 334 g/mol. The van der Waals surface area contributed by atoms with Crippen molar-refractivity contribution < 1.29 is 9.59 Å². The van der Waals surface area contributed by atoms with Gasteiger partial charge in [0, 0.05) is 17.8 Å². The number of aromatic nitrogens is 2. The maximum atomic E-state index is 12.6. The molecule has 0 spiro atoms. The summed E-state index contributed by atoms with van der Waals surface area (Å²) in [5.74, 6) is -0.319. The molecule has 1 aliphatic rings. The van der Waals surface area contributed by atoms with E-state index in [0.29, 0.717) is 18.5 Å². The molecule has 1 aromatic heterocycles. The van der Waals surface area contributed by atoms with Crippen LogP contribution in [0.5, 0.6) is 0 Å². The molecule has 6 heteroatoms. The molecule has 1 aliphatic heterocycles. The Bertz CT molecular complexity index is 945. The zero-order chi connectivity index (χ0) is 17.4. The van der Waals surface area contributed by atoms with Gasteiger partial charge < -0.3 is 15.2 Å². The van der Waals surface area contributed by atoms with E-state index in [-0.39, 0.29) is 11.8 Å². The molecular formula is C19H18N4O2. The van der Waals surface area contributed by atoms with Gasteiger partial charge in [0.1, 0.15) is 6.04 Å². The fourth-order valence-electron chi connectivity index (χ4n) is 3.11. The van der Waals surface area contributed by atoms with Crippen LogP contribution in [0.1, 0.15) is 22.3 Å². The lowest BCUT2D eigenvalue weighted by Gasteiger charge is -2.17. The van der Waals surface area contributed by atoms with Crippen molar-refractivity contribution in [1.29, 1.82) is 0 Å². The van der Waals surface area contributed by atoms with E-state index in [1.54, 1.807) is 29.4 Å². The highest BCUT2D eigenvalue weighted by Gasteiger charge is 2.33. The van der Waals surface area contributed by atoms with Crippen molar-refractivity contribution in [3.63, 3.8) is 0 Å². The molecule has 6 nitrogen and oxygen atoms in total. The number of fused-ring (bicyclic) bond motifs is 1. The summed E-state index contributed by atoms with van der Waals surface area (Å²) in [5.41, 5.74) is 4.13. The van der Waals surface area contributed by atoms with Crippen LogP contribution in [0.15, 0.2) is 48.8 Å². The number of hydrogen-bond acceptors (Lipinski definition) is 3. The molecular weight excluding hydrogens is 316 g/mol. The molecule has 0 aliphatic carbocycles. The van der Waals surface area contributed by atoms with Gasteiger partial charge in [0.2, 0.25) is 5.91 Å². The molecule has 0 bridgehead atoms. The number of hydrogen-bond donors (Lipinski definition) is 2. The molecule has 126 valence electrons. The van der Waals surface area contributed by atoms with Crippen LogP contribution in [-0.4, -0.2) is 34.4 Å². The topological polar surface area (TPSA) is 78.1 Å². The van der Waals surface area contributed by atoms with E-state index in [2.05, 4.69) is 15.3 Å². The van der Waals surface area contributed by atoms with Gasteiger partial charge in [0.25, 0.3) is 5.91 Å². The molecule has 2 aromatic carbocycles. The molecule has 1 saturated heterocycles. The Hall–Kier alpha value is -3.15. The number of nitrogens with one attached hydrogen (secondary N) is 2. The monoisotopic (exact) mass is 334 g/mol. The molecule has 1 fully saturated rings. The van der Waals surface area contributed by atoms with Crippen molar-refractivity contribution in [2.75, 3.05) is 11.4 Å². The Morgan fingerprint density at radius 1 is 1.24 bits per heavy atom. The summed E-state index contributed by atoms with van der Waals surface area (Å²) in [6, 6.07) is 12.6. The van der Waals surface area contributed by atoms with Crippen LogP contribution in [0.4, 0.5) is 5.69 Å². The molecule has 3 aromatic rings. The second-order valence-electron chi connectivity index (χ2n) is 6.27. The predicted octanol–water partition coefficient (Wildman–Crippen LogP) is 2.41. The molecule has 25 heavy (non-hydrogen) atoms. The normalized spacial score (nSPS) is 17.2. The van der Waals surface area contributed by atoms with Crippen molar-refractivity contribution in [2.45, 2.75) is 19.4 Å². The van der Waals surface area contributed by atoms with E-state index in [0.717, 1.165) is 22.3 Å².